The van der Waals surface area contributed by atoms with Crippen LogP contribution >= 0.6 is 0 Å². The first-order valence-electron chi connectivity index (χ1n) is 13.1. The first-order valence-corrected chi connectivity index (χ1v) is 13.1. The van der Waals surface area contributed by atoms with Crippen LogP contribution in [-0.2, 0) is 0 Å². The fraction of sp³-hybridized carbons (Fsp3) is 0.0938. The van der Waals surface area contributed by atoms with Crippen LogP contribution in [0.2, 0.25) is 6.82 Å². The van der Waals surface area contributed by atoms with Crippen molar-refractivity contribution < 1.29 is 0 Å². The third kappa shape index (κ3) is 2.74. The predicted octanol–water partition coefficient (Wildman–Crippen LogP) is 7.28. The highest BCUT2D eigenvalue weighted by Crippen LogP contribution is 2.43. The van der Waals surface area contributed by atoms with Gasteiger partial charge in [0.2, 0.25) is 0 Å². The van der Waals surface area contributed by atoms with Gasteiger partial charge in [0, 0.05) is 27.2 Å². The fourth-order valence-corrected chi connectivity index (χ4v) is 6.30. The molecule has 7 aromatic rings. The summed E-state index contributed by atoms with van der Waals surface area (Å²) in [6.45, 7) is 2.56. The molecule has 38 heavy (non-hydrogen) atoms. The highest BCUT2D eigenvalue weighted by Gasteiger charge is 2.33. The number of aromatic nitrogens is 3. The molecule has 4 heterocycles. The number of hydrogen-bond donors (Lipinski definition) is 0. The van der Waals surface area contributed by atoms with Gasteiger partial charge in [-0.05, 0) is 63.4 Å². The molecule has 3 aromatic heterocycles. The molecule has 8 rings (SSSR count). The standard InChI is InChI=1S/C32H26BN5/c1-33-35(2)29-19-24-23-13-6-9-16-27(23)38(28(24)20-30(29)36(33)3)32-18-10-17-31(34-32)37-25-14-7-4-11-21(25)22-12-5-8-15-26(22)37/h4-20H,1-3H3. The molecule has 0 fully saturated rings. The van der Waals surface area contributed by atoms with Crippen LogP contribution in [-0.4, -0.2) is 35.2 Å². The Labute approximate surface area is 221 Å². The minimum atomic E-state index is 0.313. The molecule has 5 nitrogen and oxygen atoms in total. The zero-order valence-electron chi connectivity index (χ0n) is 21.6. The number of anilines is 2. The Balaban J connectivity index is 1.42. The second-order valence-corrected chi connectivity index (χ2v) is 10.3. The summed E-state index contributed by atoms with van der Waals surface area (Å²) in [5, 5.41) is 4.97. The second-order valence-electron chi connectivity index (χ2n) is 10.3. The number of nitrogens with zero attached hydrogens (tertiary/aromatic N) is 5. The molecule has 182 valence electrons. The third-order valence-corrected chi connectivity index (χ3v) is 8.41. The van der Waals surface area contributed by atoms with E-state index < -0.39 is 0 Å². The van der Waals surface area contributed by atoms with Crippen LogP contribution in [0.3, 0.4) is 0 Å². The smallest absolute Gasteiger partial charge is 0.371 e. The van der Waals surface area contributed by atoms with Gasteiger partial charge >= 0.3 is 6.98 Å². The van der Waals surface area contributed by atoms with E-state index in [0.717, 1.165) is 28.2 Å². The molecule has 0 aliphatic carbocycles. The molecule has 0 bridgehead atoms. The maximum absolute atomic E-state index is 5.30. The lowest BCUT2D eigenvalue weighted by Crippen LogP contribution is -2.41. The highest BCUT2D eigenvalue weighted by molar-refractivity contribution is 6.68. The van der Waals surface area contributed by atoms with Gasteiger partial charge in [-0.25, -0.2) is 4.98 Å². The topological polar surface area (TPSA) is 29.2 Å². The van der Waals surface area contributed by atoms with Crippen LogP contribution in [0.1, 0.15) is 0 Å². The van der Waals surface area contributed by atoms with Crippen LogP contribution in [0, 0.1) is 0 Å². The lowest BCUT2D eigenvalue weighted by Gasteiger charge is -2.18. The number of hydrogen-bond acceptors (Lipinski definition) is 3. The van der Waals surface area contributed by atoms with E-state index in [1.54, 1.807) is 0 Å². The molecule has 1 aliphatic rings. The van der Waals surface area contributed by atoms with E-state index in [4.69, 9.17) is 4.98 Å². The summed E-state index contributed by atoms with van der Waals surface area (Å²) in [5.41, 5.74) is 7.18. The minimum Gasteiger partial charge on any atom is -0.397 e. The number of benzene rings is 4. The Morgan fingerprint density at radius 3 is 1.50 bits per heavy atom. The van der Waals surface area contributed by atoms with Crippen molar-refractivity contribution in [2.45, 2.75) is 6.82 Å². The molecule has 0 unspecified atom stereocenters. The summed E-state index contributed by atoms with van der Waals surface area (Å²) in [6.07, 6.45) is 0. The third-order valence-electron chi connectivity index (χ3n) is 8.41. The summed E-state index contributed by atoms with van der Waals surface area (Å²) in [4.78, 5) is 10.00. The van der Waals surface area contributed by atoms with Gasteiger partial charge in [-0.1, -0.05) is 60.7 Å². The molecule has 6 heteroatoms. The SMILES string of the molecule is CB1N(C)c2cc3c4ccccc4n(-c4cccc(-n5c6ccccc6c6ccccc65)n4)c3cc2N1C. The zero-order valence-corrected chi connectivity index (χ0v) is 21.6. The van der Waals surface area contributed by atoms with Crippen molar-refractivity contribution in [2.75, 3.05) is 23.7 Å². The van der Waals surface area contributed by atoms with E-state index in [1.165, 1.54) is 38.4 Å². The van der Waals surface area contributed by atoms with Crippen LogP contribution in [0.25, 0.3) is 55.2 Å². The summed E-state index contributed by atoms with van der Waals surface area (Å²) in [7, 11) is 4.35. The van der Waals surface area contributed by atoms with Gasteiger partial charge < -0.3 is 9.62 Å². The molecule has 0 amide bonds. The molecule has 0 spiro atoms. The fourth-order valence-electron chi connectivity index (χ4n) is 6.30. The summed E-state index contributed by atoms with van der Waals surface area (Å²) < 4.78 is 4.60. The first-order chi connectivity index (χ1) is 18.6. The highest BCUT2D eigenvalue weighted by atomic mass is 15.3. The van der Waals surface area contributed by atoms with E-state index in [9.17, 15) is 0 Å². The van der Waals surface area contributed by atoms with Gasteiger partial charge in [0.1, 0.15) is 11.6 Å². The number of fused-ring (bicyclic) bond motifs is 7. The summed E-state index contributed by atoms with van der Waals surface area (Å²) in [6, 6.07) is 36.9. The molecule has 0 atom stereocenters. The second kappa shape index (κ2) is 7.65. The number of pyridine rings is 1. The Hall–Kier alpha value is -4.71. The van der Waals surface area contributed by atoms with Gasteiger partial charge in [0.15, 0.2) is 0 Å². The minimum absolute atomic E-state index is 0.313. The lowest BCUT2D eigenvalue weighted by atomic mass is 9.78. The maximum atomic E-state index is 5.30. The molecule has 0 N–H and O–H groups in total. The first kappa shape index (κ1) is 21.4. The van der Waals surface area contributed by atoms with Crippen molar-refractivity contribution in [1.82, 2.24) is 14.1 Å². The Morgan fingerprint density at radius 1 is 0.500 bits per heavy atom. The van der Waals surface area contributed by atoms with Gasteiger partial charge in [-0.2, -0.15) is 0 Å². The Bertz CT molecular complexity index is 2000. The normalized spacial score (nSPS) is 13.5. The lowest BCUT2D eigenvalue weighted by molar-refractivity contribution is 1.01. The van der Waals surface area contributed by atoms with E-state index in [0.29, 0.717) is 6.98 Å². The van der Waals surface area contributed by atoms with Crippen molar-refractivity contribution in [3.8, 4) is 11.6 Å². The van der Waals surface area contributed by atoms with Crippen molar-refractivity contribution in [3.05, 3.63) is 103 Å². The predicted molar refractivity (Wildman–Crippen MR) is 161 cm³/mol. The van der Waals surface area contributed by atoms with E-state index in [1.807, 2.05) is 0 Å². The molecule has 0 saturated carbocycles. The Kier molecular flexibility index (Phi) is 4.31. The number of rotatable bonds is 2. The van der Waals surface area contributed by atoms with E-state index >= 15 is 0 Å². The van der Waals surface area contributed by atoms with Crippen molar-refractivity contribution in [3.63, 3.8) is 0 Å². The monoisotopic (exact) mass is 491 g/mol. The average Bonchev–Trinajstić information content (AvgIpc) is 3.54. The molecular weight excluding hydrogens is 465 g/mol. The molecule has 4 aromatic carbocycles. The zero-order chi connectivity index (χ0) is 25.5. The van der Waals surface area contributed by atoms with Gasteiger partial charge in [-0.3, -0.25) is 9.13 Å². The van der Waals surface area contributed by atoms with Crippen LogP contribution in [0.4, 0.5) is 11.4 Å². The summed E-state index contributed by atoms with van der Waals surface area (Å²) in [5.74, 6) is 1.83. The average molecular weight is 491 g/mol. The van der Waals surface area contributed by atoms with Crippen LogP contribution < -0.4 is 9.62 Å². The van der Waals surface area contributed by atoms with Gasteiger partial charge in [-0.15, -0.1) is 0 Å². The van der Waals surface area contributed by atoms with E-state index in [2.05, 4.69) is 143 Å². The molecule has 0 radical (unpaired) electrons. The quantitative estimate of drug-likeness (QED) is 0.238. The number of para-hydroxylation sites is 3. The Morgan fingerprint density at radius 2 is 0.947 bits per heavy atom. The van der Waals surface area contributed by atoms with Crippen LogP contribution in [0.5, 0.6) is 0 Å². The summed E-state index contributed by atoms with van der Waals surface area (Å²) >= 11 is 0. The largest absolute Gasteiger partial charge is 0.397 e. The van der Waals surface area contributed by atoms with Crippen molar-refractivity contribution >= 4 is 62.0 Å². The van der Waals surface area contributed by atoms with Crippen molar-refractivity contribution in [2.24, 2.45) is 0 Å². The van der Waals surface area contributed by atoms with Gasteiger partial charge in [0.25, 0.3) is 0 Å². The molecular formula is C32H26BN5. The van der Waals surface area contributed by atoms with Crippen molar-refractivity contribution in [1.29, 1.82) is 0 Å². The molecule has 1 aliphatic heterocycles. The van der Waals surface area contributed by atoms with Crippen LogP contribution in [0.15, 0.2) is 103 Å². The molecule has 0 saturated heterocycles. The van der Waals surface area contributed by atoms with E-state index in [-0.39, 0.29) is 0 Å². The maximum Gasteiger partial charge on any atom is 0.371 e. The van der Waals surface area contributed by atoms with Gasteiger partial charge in [0.05, 0.1) is 27.8 Å².